The average Bonchev–Trinajstić information content (AvgIpc) is 2.85. The van der Waals surface area contributed by atoms with Gasteiger partial charge in [0.15, 0.2) is 5.65 Å². The second-order valence-electron chi connectivity index (χ2n) is 6.74. The van der Waals surface area contributed by atoms with Gasteiger partial charge in [0, 0.05) is 35.3 Å². The lowest BCUT2D eigenvalue weighted by atomic mass is 9.51. The zero-order chi connectivity index (χ0) is 16.0. The number of ether oxygens (including phenoxy) is 1. The molecular weight excluding hydrogens is 292 g/mol. The zero-order valence-corrected chi connectivity index (χ0v) is 13.6. The molecule has 2 atom stereocenters. The van der Waals surface area contributed by atoms with Crippen LogP contribution in [0.1, 0.15) is 48.7 Å². The average molecular weight is 314 g/mol. The monoisotopic (exact) mass is 314 g/mol. The summed E-state index contributed by atoms with van der Waals surface area (Å²) in [6, 6.07) is 2.09. The van der Waals surface area contributed by atoms with Gasteiger partial charge in [0.05, 0.1) is 11.7 Å². The molecule has 2 aromatic rings. The molecule has 1 spiro atoms. The summed E-state index contributed by atoms with van der Waals surface area (Å²) in [7, 11) is 0. The molecule has 0 bridgehead atoms. The molecule has 0 aliphatic heterocycles. The van der Waals surface area contributed by atoms with E-state index in [1.54, 1.807) is 6.20 Å². The largest absolute Gasteiger partial charge is 0.378 e. The Morgan fingerprint density at radius 3 is 3.04 bits per heavy atom. The van der Waals surface area contributed by atoms with Crippen LogP contribution in [0.2, 0.25) is 0 Å². The molecule has 2 aromatic heterocycles. The number of nitrogens with zero attached hydrogens (tertiary/aromatic N) is 2. The van der Waals surface area contributed by atoms with Gasteiger partial charge in [-0.15, -0.1) is 0 Å². The van der Waals surface area contributed by atoms with E-state index in [-0.39, 0.29) is 17.4 Å². The van der Waals surface area contributed by atoms with Crippen molar-refractivity contribution >= 4 is 16.9 Å². The fourth-order valence-corrected chi connectivity index (χ4v) is 4.03. The van der Waals surface area contributed by atoms with Gasteiger partial charge in [0.1, 0.15) is 0 Å². The van der Waals surface area contributed by atoms with Crippen LogP contribution in [0, 0.1) is 12.3 Å². The Bertz CT molecular complexity index is 750. The van der Waals surface area contributed by atoms with Crippen LogP contribution in [0.25, 0.3) is 11.0 Å². The third kappa shape index (κ3) is 2.16. The van der Waals surface area contributed by atoms with Crippen molar-refractivity contribution in [2.24, 2.45) is 5.41 Å². The molecule has 2 saturated carbocycles. The number of carbonyl (C=O) groups is 1. The minimum atomic E-state index is -0.0498. The minimum Gasteiger partial charge on any atom is -0.378 e. The molecule has 0 radical (unpaired) electrons. The van der Waals surface area contributed by atoms with E-state index in [4.69, 9.17) is 4.74 Å². The first-order chi connectivity index (χ1) is 11.1. The third-order valence-electron chi connectivity index (χ3n) is 5.60. The maximum Gasteiger partial charge on any atom is 0.253 e. The summed E-state index contributed by atoms with van der Waals surface area (Å²) < 4.78 is 5.84. The number of aromatic amines is 1. The Kier molecular flexibility index (Phi) is 3.37. The summed E-state index contributed by atoms with van der Waals surface area (Å²) in [6.07, 6.45) is 6.37. The van der Waals surface area contributed by atoms with E-state index >= 15 is 0 Å². The van der Waals surface area contributed by atoms with Gasteiger partial charge in [-0.3, -0.25) is 9.89 Å². The lowest BCUT2D eigenvalue weighted by molar-refractivity contribution is -0.169. The van der Waals surface area contributed by atoms with E-state index in [1.807, 2.05) is 19.9 Å². The van der Waals surface area contributed by atoms with Crippen LogP contribution in [0.3, 0.4) is 0 Å². The van der Waals surface area contributed by atoms with Crippen molar-refractivity contribution in [1.82, 2.24) is 20.5 Å². The van der Waals surface area contributed by atoms with E-state index in [0.29, 0.717) is 17.3 Å². The molecule has 2 aliphatic rings. The molecule has 6 nitrogen and oxygen atoms in total. The number of H-pyrrole nitrogens is 1. The third-order valence-corrected chi connectivity index (χ3v) is 5.60. The number of nitrogens with one attached hydrogen (secondary N) is 2. The molecule has 2 aliphatic carbocycles. The summed E-state index contributed by atoms with van der Waals surface area (Å²) in [5.41, 5.74) is 2.35. The number of rotatable bonds is 4. The number of hydrogen-bond donors (Lipinski definition) is 2. The maximum absolute atomic E-state index is 12.6. The molecule has 122 valence electrons. The lowest BCUT2D eigenvalue weighted by Gasteiger charge is -2.61. The van der Waals surface area contributed by atoms with Crippen molar-refractivity contribution in [1.29, 1.82) is 0 Å². The van der Waals surface area contributed by atoms with Gasteiger partial charge < -0.3 is 10.1 Å². The summed E-state index contributed by atoms with van der Waals surface area (Å²) in [6.45, 7) is 4.71. The predicted octanol–water partition coefficient (Wildman–Crippen LogP) is 2.34. The first-order valence-corrected chi connectivity index (χ1v) is 8.37. The standard InChI is InChI=1S/C17H22N4O2/c1-3-23-14-8-13(17(14)5-4-6-17)19-16(22)11-7-12-10(2)20-21-15(12)18-9-11/h7,9,13-14H,3-6,8H2,1-2H3,(H,19,22)(H,18,20,21)/t13-,14-/m0/s1. The van der Waals surface area contributed by atoms with Gasteiger partial charge in [-0.05, 0) is 39.2 Å². The molecule has 0 saturated heterocycles. The van der Waals surface area contributed by atoms with Gasteiger partial charge in [-0.1, -0.05) is 6.42 Å². The zero-order valence-electron chi connectivity index (χ0n) is 13.6. The molecule has 2 fully saturated rings. The van der Waals surface area contributed by atoms with Gasteiger partial charge in [0.2, 0.25) is 0 Å². The molecular formula is C17H22N4O2. The highest BCUT2D eigenvalue weighted by molar-refractivity contribution is 5.97. The SMILES string of the molecule is CCO[C@H]1C[C@H](NC(=O)c2cnc3n[nH]c(C)c3c2)C12CCC2. The van der Waals surface area contributed by atoms with Crippen LogP contribution in [-0.2, 0) is 4.74 Å². The van der Waals surface area contributed by atoms with Gasteiger partial charge in [-0.25, -0.2) is 4.98 Å². The fraction of sp³-hybridized carbons (Fsp3) is 0.588. The van der Waals surface area contributed by atoms with Crippen LogP contribution < -0.4 is 5.32 Å². The Labute approximate surface area is 135 Å². The van der Waals surface area contributed by atoms with Crippen molar-refractivity contribution in [3.63, 3.8) is 0 Å². The van der Waals surface area contributed by atoms with Crippen molar-refractivity contribution in [3.05, 3.63) is 23.5 Å². The van der Waals surface area contributed by atoms with Crippen molar-refractivity contribution in [2.45, 2.75) is 51.7 Å². The number of aromatic nitrogens is 3. The first kappa shape index (κ1) is 14.6. The molecule has 4 rings (SSSR count). The summed E-state index contributed by atoms with van der Waals surface area (Å²) in [4.78, 5) is 16.9. The Morgan fingerprint density at radius 1 is 1.52 bits per heavy atom. The second kappa shape index (κ2) is 5.30. The maximum atomic E-state index is 12.6. The Balaban J connectivity index is 1.50. The second-order valence-corrected chi connectivity index (χ2v) is 6.74. The van der Waals surface area contributed by atoms with E-state index in [1.165, 1.54) is 6.42 Å². The van der Waals surface area contributed by atoms with E-state index in [2.05, 4.69) is 20.5 Å². The number of fused-ring (bicyclic) bond motifs is 1. The Hall–Kier alpha value is -1.95. The van der Waals surface area contributed by atoms with Crippen LogP contribution in [0.4, 0.5) is 0 Å². The highest BCUT2D eigenvalue weighted by Gasteiger charge is 2.59. The smallest absolute Gasteiger partial charge is 0.253 e. The molecule has 2 N–H and O–H groups in total. The molecule has 1 amide bonds. The minimum absolute atomic E-state index is 0.0498. The topological polar surface area (TPSA) is 79.9 Å². The summed E-state index contributed by atoms with van der Waals surface area (Å²) in [5.74, 6) is -0.0498. The van der Waals surface area contributed by atoms with Gasteiger partial charge in [-0.2, -0.15) is 5.10 Å². The molecule has 2 heterocycles. The van der Waals surface area contributed by atoms with Gasteiger partial charge >= 0.3 is 0 Å². The van der Waals surface area contributed by atoms with Crippen LogP contribution in [-0.4, -0.2) is 39.8 Å². The van der Waals surface area contributed by atoms with E-state index in [0.717, 1.165) is 36.9 Å². The molecule has 0 aromatic carbocycles. The van der Waals surface area contributed by atoms with Crippen LogP contribution >= 0.6 is 0 Å². The quantitative estimate of drug-likeness (QED) is 0.908. The van der Waals surface area contributed by atoms with Crippen molar-refractivity contribution in [3.8, 4) is 0 Å². The van der Waals surface area contributed by atoms with E-state index < -0.39 is 0 Å². The number of carbonyl (C=O) groups excluding carboxylic acids is 1. The van der Waals surface area contributed by atoms with Crippen LogP contribution in [0.15, 0.2) is 12.3 Å². The highest BCUT2D eigenvalue weighted by Crippen LogP contribution is 2.57. The van der Waals surface area contributed by atoms with Gasteiger partial charge in [0.25, 0.3) is 5.91 Å². The lowest BCUT2D eigenvalue weighted by Crippen LogP contribution is -2.67. The highest BCUT2D eigenvalue weighted by atomic mass is 16.5. The summed E-state index contributed by atoms with van der Waals surface area (Å²) >= 11 is 0. The number of pyridine rings is 1. The normalized spacial score (nSPS) is 25.1. The molecule has 0 unspecified atom stereocenters. The number of amides is 1. The van der Waals surface area contributed by atoms with Crippen molar-refractivity contribution in [2.75, 3.05) is 6.61 Å². The van der Waals surface area contributed by atoms with E-state index in [9.17, 15) is 4.79 Å². The first-order valence-electron chi connectivity index (χ1n) is 8.37. The number of hydrogen-bond acceptors (Lipinski definition) is 4. The van der Waals surface area contributed by atoms with Crippen molar-refractivity contribution < 1.29 is 9.53 Å². The number of aryl methyl sites for hydroxylation is 1. The fourth-order valence-electron chi connectivity index (χ4n) is 4.03. The Morgan fingerprint density at radius 2 is 2.35 bits per heavy atom. The molecule has 6 heteroatoms. The summed E-state index contributed by atoms with van der Waals surface area (Å²) in [5, 5.41) is 11.1. The van der Waals surface area contributed by atoms with Crippen LogP contribution in [0.5, 0.6) is 0 Å². The molecule has 23 heavy (non-hydrogen) atoms. The predicted molar refractivity (Wildman–Crippen MR) is 86.2 cm³/mol.